The minimum atomic E-state index is -4.15. The van der Waals surface area contributed by atoms with Crippen molar-refractivity contribution in [3.63, 3.8) is 0 Å². The molecule has 2 aromatic rings. The van der Waals surface area contributed by atoms with Gasteiger partial charge in [-0.3, -0.25) is 14.4 Å². The van der Waals surface area contributed by atoms with Gasteiger partial charge in [0.25, 0.3) is 15.7 Å². The molecular weight excluding hydrogens is 392 g/mol. The Balaban J connectivity index is 2.57. The van der Waals surface area contributed by atoms with Crippen LogP contribution < -0.4 is 4.31 Å². The number of rotatable bonds is 9. The third-order valence-corrected chi connectivity index (χ3v) is 6.41. The Morgan fingerprint density at radius 2 is 1.78 bits per heavy atom. The first-order valence-corrected chi connectivity index (χ1v) is 10.2. The number of hydrogen-bond donors (Lipinski definition) is 0. The summed E-state index contributed by atoms with van der Waals surface area (Å²) in [6.45, 7) is 5.84. The fourth-order valence-electron chi connectivity index (χ4n) is 2.65. The molecular formula is C17H21ClN4O4S. The number of anilines is 1. The molecule has 1 heterocycles. The van der Waals surface area contributed by atoms with Crippen molar-refractivity contribution >= 4 is 33.0 Å². The maximum Gasteiger partial charge on any atom is 0.293 e. The molecule has 1 aromatic heterocycles. The van der Waals surface area contributed by atoms with Crippen molar-refractivity contribution in [3.05, 3.63) is 57.9 Å². The molecule has 2 rings (SSSR count). The van der Waals surface area contributed by atoms with Crippen LogP contribution in [0.3, 0.4) is 0 Å². The van der Waals surface area contributed by atoms with Crippen LogP contribution in [0.2, 0.25) is 5.15 Å². The lowest BCUT2D eigenvalue weighted by molar-refractivity contribution is -0.384. The molecule has 0 amide bonds. The summed E-state index contributed by atoms with van der Waals surface area (Å²) in [4.78, 5) is 16.5. The van der Waals surface area contributed by atoms with Crippen LogP contribution in [0.4, 0.5) is 11.4 Å². The molecule has 1 aromatic carbocycles. The van der Waals surface area contributed by atoms with Crippen molar-refractivity contribution in [1.82, 2.24) is 9.88 Å². The summed E-state index contributed by atoms with van der Waals surface area (Å²) >= 11 is 6.00. The molecule has 0 saturated carbocycles. The summed E-state index contributed by atoms with van der Waals surface area (Å²) in [6, 6.07) is 8.55. The predicted molar refractivity (Wildman–Crippen MR) is 105 cm³/mol. The zero-order chi connectivity index (χ0) is 20.0. The quantitative estimate of drug-likeness (QED) is 0.356. The Morgan fingerprint density at radius 3 is 2.37 bits per heavy atom. The van der Waals surface area contributed by atoms with E-state index in [0.29, 0.717) is 6.54 Å². The van der Waals surface area contributed by atoms with Crippen LogP contribution in [0.25, 0.3) is 0 Å². The number of halogens is 1. The van der Waals surface area contributed by atoms with Crippen molar-refractivity contribution < 1.29 is 13.3 Å². The van der Waals surface area contributed by atoms with Gasteiger partial charge in [0.2, 0.25) is 0 Å². The SMILES string of the molecule is CCN(CC)CCN(c1ccccc1[N+](=O)[O-])S(=O)(=O)c1cccnc1Cl. The van der Waals surface area contributed by atoms with Gasteiger partial charge in [0, 0.05) is 25.4 Å². The highest BCUT2D eigenvalue weighted by molar-refractivity contribution is 7.93. The summed E-state index contributed by atoms with van der Waals surface area (Å²) in [7, 11) is -4.15. The van der Waals surface area contributed by atoms with E-state index in [1.54, 1.807) is 6.07 Å². The van der Waals surface area contributed by atoms with Crippen molar-refractivity contribution in [2.45, 2.75) is 18.7 Å². The van der Waals surface area contributed by atoms with E-state index < -0.39 is 14.9 Å². The van der Waals surface area contributed by atoms with Crippen LogP contribution in [0.5, 0.6) is 0 Å². The lowest BCUT2D eigenvalue weighted by Crippen LogP contribution is -2.39. The number of nitrogens with zero attached hydrogens (tertiary/aromatic N) is 4. The summed E-state index contributed by atoms with van der Waals surface area (Å²) in [5.41, 5.74) is -0.296. The molecule has 0 aliphatic carbocycles. The van der Waals surface area contributed by atoms with Crippen LogP contribution in [0, 0.1) is 10.1 Å². The second-order valence-electron chi connectivity index (χ2n) is 5.64. The average Bonchev–Trinajstić information content (AvgIpc) is 2.65. The lowest BCUT2D eigenvalue weighted by atomic mass is 10.2. The van der Waals surface area contributed by atoms with Crippen LogP contribution in [0.1, 0.15) is 13.8 Å². The van der Waals surface area contributed by atoms with E-state index in [2.05, 4.69) is 4.98 Å². The number of aromatic nitrogens is 1. The van der Waals surface area contributed by atoms with Gasteiger partial charge >= 0.3 is 0 Å². The van der Waals surface area contributed by atoms with Crippen LogP contribution in [0.15, 0.2) is 47.5 Å². The van der Waals surface area contributed by atoms with E-state index in [9.17, 15) is 18.5 Å². The topological polar surface area (TPSA) is 96.6 Å². The molecule has 0 spiro atoms. The molecule has 0 atom stereocenters. The van der Waals surface area contributed by atoms with E-state index in [1.807, 2.05) is 18.7 Å². The number of para-hydroxylation sites is 2. The first kappa shape index (κ1) is 21.1. The average molecular weight is 413 g/mol. The highest BCUT2D eigenvalue weighted by Crippen LogP contribution is 2.33. The molecule has 0 aliphatic rings. The molecule has 146 valence electrons. The number of nitro groups is 1. The van der Waals surface area contributed by atoms with Crippen molar-refractivity contribution in [1.29, 1.82) is 0 Å². The summed E-state index contributed by atoms with van der Waals surface area (Å²) in [5, 5.41) is 11.3. The number of sulfonamides is 1. The second-order valence-corrected chi connectivity index (χ2v) is 7.83. The molecule has 0 radical (unpaired) electrons. The first-order valence-electron chi connectivity index (χ1n) is 8.41. The smallest absolute Gasteiger partial charge is 0.293 e. The fourth-order valence-corrected chi connectivity index (χ4v) is 4.55. The molecule has 0 N–H and O–H groups in total. The lowest BCUT2D eigenvalue weighted by Gasteiger charge is -2.27. The van der Waals surface area contributed by atoms with Crippen molar-refractivity contribution in [2.75, 3.05) is 30.5 Å². The van der Waals surface area contributed by atoms with E-state index in [4.69, 9.17) is 11.6 Å². The molecule has 8 nitrogen and oxygen atoms in total. The third kappa shape index (κ3) is 4.74. The molecule has 0 saturated heterocycles. The Kier molecular flexibility index (Phi) is 7.11. The van der Waals surface area contributed by atoms with Crippen LogP contribution in [-0.2, 0) is 10.0 Å². The van der Waals surface area contributed by atoms with Gasteiger partial charge in [-0.15, -0.1) is 0 Å². The summed E-state index contributed by atoms with van der Waals surface area (Å²) < 4.78 is 27.6. The molecule has 0 aliphatic heterocycles. The number of nitro benzene ring substituents is 1. The standard InChI is InChI=1S/C17H21ClN4O4S/c1-3-20(4-2)12-13-21(14-8-5-6-9-15(14)22(23)24)27(25,26)16-10-7-11-19-17(16)18/h5-11H,3-4,12-13H2,1-2H3. The van der Waals surface area contributed by atoms with Crippen LogP contribution >= 0.6 is 11.6 Å². The Bertz CT molecular complexity index is 903. The summed E-state index contributed by atoms with van der Waals surface area (Å²) in [5.74, 6) is 0. The van der Waals surface area contributed by atoms with Gasteiger partial charge in [0.05, 0.1) is 4.92 Å². The third-order valence-electron chi connectivity index (χ3n) is 4.15. The molecule has 0 bridgehead atoms. The van der Waals surface area contributed by atoms with Gasteiger partial charge in [-0.1, -0.05) is 37.6 Å². The number of benzene rings is 1. The largest absolute Gasteiger partial charge is 0.302 e. The van der Waals surface area contributed by atoms with Gasteiger partial charge in [-0.2, -0.15) is 0 Å². The van der Waals surface area contributed by atoms with Gasteiger partial charge in [-0.05, 0) is 31.3 Å². The monoisotopic (exact) mass is 412 g/mol. The summed E-state index contributed by atoms with van der Waals surface area (Å²) in [6.07, 6.45) is 1.38. The van der Waals surface area contributed by atoms with Crippen molar-refractivity contribution in [2.24, 2.45) is 0 Å². The van der Waals surface area contributed by atoms with E-state index in [0.717, 1.165) is 17.4 Å². The van der Waals surface area contributed by atoms with Gasteiger partial charge < -0.3 is 4.90 Å². The minimum Gasteiger partial charge on any atom is -0.302 e. The van der Waals surface area contributed by atoms with Gasteiger partial charge in [-0.25, -0.2) is 13.4 Å². The molecule has 27 heavy (non-hydrogen) atoms. The second kappa shape index (κ2) is 9.12. The highest BCUT2D eigenvalue weighted by Gasteiger charge is 2.32. The zero-order valence-corrected chi connectivity index (χ0v) is 16.7. The van der Waals surface area contributed by atoms with E-state index in [1.165, 1.54) is 36.5 Å². The zero-order valence-electron chi connectivity index (χ0n) is 15.1. The van der Waals surface area contributed by atoms with Crippen molar-refractivity contribution in [3.8, 4) is 0 Å². The van der Waals surface area contributed by atoms with Gasteiger partial charge in [0.1, 0.15) is 15.7 Å². The Morgan fingerprint density at radius 1 is 1.11 bits per heavy atom. The Labute approximate surface area is 163 Å². The normalized spacial score (nSPS) is 11.6. The predicted octanol–water partition coefficient (Wildman–Crippen LogP) is 3.18. The van der Waals surface area contributed by atoms with E-state index in [-0.39, 0.29) is 28.0 Å². The molecule has 0 fully saturated rings. The number of hydrogen-bond acceptors (Lipinski definition) is 6. The number of likely N-dealkylation sites (N-methyl/N-ethyl adjacent to an activating group) is 1. The first-order chi connectivity index (χ1) is 12.8. The van der Waals surface area contributed by atoms with Crippen LogP contribution in [-0.4, -0.2) is 49.4 Å². The van der Waals surface area contributed by atoms with Gasteiger partial charge in [0.15, 0.2) is 0 Å². The fraction of sp³-hybridized carbons (Fsp3) is 0.353. The highest BCUT2D eigenvalue weighted by atomic mass is 35.5. The molecule has 0 unspecified atom stereocenters. The molecule has 10 heteroatoms. The minimum absolute atomic E-state index is 0.00502. The maximum absolute atomic E-state index is 13.3. The van der Waals surface area contributed by atoms with E-state index >= 15 is 0 Å². The Hall–Kier alpha value is -2.23. The maximum atomic E-state index is 13.3. The number of pyridine rings is 1.